The number of hydrogen-bond donors (Lipinski definition) is 1. The molecule has 21 heavy (non-hydrogen) atoms. The molecule has 0 heterocycles. The van der Waals surface area contributed by atoms with Crippen LogP contribution in [0.3, 0.4) is 0 Å². The molecule has 0 aromatic heterocycles. The fourth-order valence-electron chi connectivity index (χ4n) is 2.13. The predicted molar refractivity (Wildman–Crippen MR) is 85.4 cm³/mol. The molecular formula is C16H16F2N2S. The molecule has 0 radical (unpaired) electrons. The van der Waals surface area contributed by atoms with E-state index in [1.54, 1.807) is 35.2 Å². The van der Waals surface area contributed by atoms with Crippen LogP contribution in [-0.4, -0.2) is 11.5 Å². The SMILES string of the molecule is CCN(Cc1cc(C(N)=S)ccc1F)c1ccccc1F. The Labute approximate surface area is 128 Å². The third-order valence-corrected chi connectivity index (χ3v) is 3.50. The van der Waals surface area contributed by atoms with Crippen LogP contribution in [0.1, 0.15) is 18.1 Å². The van der Waals surface area contributed by atoms with Gasteiger partial charge in [-0.3, -0.25) is 0 Å². The van der Waals surface area contributed by atoms with E-state index in [0.717, 1.165) is 0 Å². The summed E-state index contributed by atoms with van der Waals surface area (Å²) in [6.45, 7) is 2.69. The summed E-state index contributed by atoms with van der Waals surface area (Å²) in [6, 6.07) is 10.9. The van der Waals surface area contributed by atoms with Crippen molar-refractivity contribution in [2.45, 2.75) is 13.5 Å². The molecule has 0 aliphatic carbocycles. The number of para-hydroxylation sites is 1. The highest BCUT2D eigenvalue weighted by Gasteiger charge is 2.13. The molecular weight excluding hydrogens is 290 g/mol. The van der Waals surface area contributed by atoms with Crippen molar-refractivity contribution in [3.63, 3.8) is 0 Å². The zero-order valence-electron chi connectivity index (χ0n) is 11.6. The standard InChI is InChI=1S/C16H16F2N2S/c1-2-20(15-6-4-3-5-14(15)18)10-12-9-11(16(19)21)7-8-13(12)17/h3-9H,2,10H2,1H3,(H2,19,21). The lowest BCUT2D eigenvalue weighted by Gasteiger charge is -2.24. The summed E-state index contributed by atoms with van der Waals surface area (Å²) in [5, 5.41) is 0. The van der Waals surface area contributed by atoms with E-state index >= 15 is 0 Å². The lowest BCUT2D eigenvalue weighted by molar-refractivity contribution is 0.596. The van der Waals surface area contributed by atoms with Crippen LogP contribution in [0.25, 0.3) is 0 Å². The van der Waals surface area contributed by atoms with Gasteiger partial charge in [0.2, 0.25) is 0 Å². The minimum Gasteiger partial charge on any atom is -0.389 e. The number of halogens is 2. The van der Waals surface area contributed by atoms with Crippen LogP contribution in [0.5, 0.6) is 0 Å². The number of nitrogens with two attached hydrogens (primary N) is 1. The predicted octanol–water partition coefficient (Wildman–Crippen LogP) is 3.63. The summed E-state index contributed by atoms with van der Waals surface area (Å²) >= 11 is 4.90. The van der Waals surface area contributed by atoms with Gasteiger partial charge in [0.15, 0.2) is 0 Å². The molecule has 0 saturated heterocycles. The van der Waals surface area contributed by atoms with Crippen LogP contribution in [0, 0.1) is 11.6 Å². The average molecular weight is 306 g/mol. The van der Waals surface area contributed by atoms with Gasteiger partial charge < -0.3 is 10.6 Å². The van der Waals surface area contributed by atoms with Gasteiger partial charge in [0.25, 0.3) is 0 Å². The van der Waals surface area contributed by atoms with Gasteiger partial charge in [-0.2, -0.15) is 0 Å². The summed E-state index contributed by atoms with van der Waals surface area (Å²) in [7, 11) is 0. The smallest absolute Gasteiger partial charge is 0.146 e. The number of anilines is 1. The van der Waals surface area contributed by atoms with Crippen molar-refractivity contribution >= 4 is 22.9 Å². The Bertz CT molecular complexity index is 658. The highest BCUT2D eigenvalue weighted by Crippen LogP contribution is 2.22. The molecule has 110 valence electrons. The molecule has 2 N–H and O–H groups in total. The maximum Gasteiger partial charge on any atom is 0.146 e. The van der Waals surface area contributed by atoms with Gasteiger partial charge >= 0.3 is 0 Å². The largest absolute Gasteiger partial charge is 0.389 e. The second-order valence-corrected chi connectivity index (χ2v) is 5.08. The van der Waals surface area contributed by atoms with E-state index in [2.05, 4.69) is 0 Å². The molecule has 0 saturated carbocycles. The molecule has 0 spiro atoms. The van der Waals surface area contributed by atoms with Crippen LogP contribution in [0.4, 0.5) is 14.5 Å². The first kappa shape index (κ1) is 15.4. The van der Waals surface area contributed by atoms with Gasteiger partial charge in [0.05, 0.1) is 5.69 Å². The van der Waals surface area contributed by atoms with Crippen molar-refractivity contribution in [3.05, 3.63) is 65.2 Å². The summed E-state index contributed by atoms with van der Waals surface area (Å²) < 4.78 is 27.8. The first-order chi connectivity index (χ1) is 10.0. The number of nitrogens with zero attached hydrogens (tertiary/aromatic N) is 1. The number of hydrogen-bond acceptors (Lipinski definition) is 2. The zero-order chi connectivity index (χ0) is 15.4. The highest BCUT2D eigenvalue weighted by molar-refractivity contribution is 7.80. The van der Waals surface area contributed by atoms with Crippen molar-refractivity contribution in [1.82, 2.24) is 0 Å². The number of benzene rings is 2. The van der Waals surface area contributed by atoms with E-state index in [9.17, 15) is 8.78 Å². The van der Waals surface area contributed by atoms with Crippen molar-refractivity contribution in [1.29, 1.82) is 0 Å². The second-order valence-electron chi connectivity index (χ2n) is 4.64. The maximum atomic E-state index is 13.9. The van der Waals surface area contributed by atoms with E-state index in [1.807, 2.05) is 6.92 Å². The molecule has 0 atom stereocenters. The normalized spacial score (nSPS) is 10.4. The lowest BCUT2D eigenvalue weighted by atomic mass is 10.1. The third-order valence-electron chi connectivity index (χ3n) is 3.27. The minimum atomic E-state index is -0.357. The average Bonchev–Trinajstić information content (AvgIpc) is 2.47. The Morgan fingerprint density at radius 3 is 2.48 bits per heavy atom. The van der Waals surface area contributed by atoms with Crippen LogP contribution >= 0.6 is 12.2 Å². The molecule has 2 rings (SSSR count). The summed E-state index contributed by atoms with van der Waals surface area (Å²) in [5.41, 5.74) is 7.05. The van der Waals surface area contributed by atoms with E-state index in [4.69, 9.17) is 18.0 Å². The lowest BCUT2D eigenvalue weighted by Crippen LogP contribution is -2.24. The molecule has 0 unspecified atom stereocenters. The molecule has 2 aromatic rings. The summed E-state index contributed by atoms with van der Waals surface area (Å²) in [6.07, 6.45) is 0. The molecule has 2 aromatic carbocycles. The van der Waals surface area contributed by atoms with Crippen LogP contribution in [0.2, 0.25) is 0 Å². The summed E-state index contributed by atoms with van der Waals surface area (Å²) in [5.74, 6) is -0.685. The van der Waals surface area contributed by atoms with Gasteiger partial charge in [0, 0.05) is 24.2 Å². The molecule has 0 bridgehead atoms. The molecule has 2 nitrogen and oxygen atoms in total. The first-order valence-electron chi connectivity index (χ1n) is 6.60. The van der Waals surface area contributed by atoms with Gasteiger partial charge in [0.1, 0.15) is 16.6 Å². The Hall–Kier alpha value is -2.01. The Kier molecular flexibility index (Phi) is 4.85. The van der Waals surface area contributed by atoms with Crippen LogP contribution in [0.15, 0.2) is 42.5 Å². The fraction of sp³-hybridized carbons (Fsp3) is 0.188. The molecule has 0 aliphatic heterocycles. The molecule has 0 fully saturated rings. The number of rotatable bonds is 5. The van der Waals surface area contributed by atoms with Crippen molar-refractivity contribution in [2.75, 3.05) is 11.4 Å². The van der Waals surface area contributed by atoms with E-state index in [-0.39, 0.29) is 23.2 Å². The third kappa shape index (κ3) is 3.55. The van der Waals surface area contributed by atoms with Crippen LogP contribution in [-0.2, 0) is 6.54 Å². The highest BCUT2D eigenvalue weighted by atomic mass is 32.1. The molecule has 0 amide bonds. The van der Waals surface area contributed by atoms with Crippen LogP contribution < -0.4 is 10.6 Å². The summed E-state index contributed by atoms with van der Waals surface area (Å²) in [4.78, 5) is 1.97. The molecule has 5 heteroatoms. The topological polar surface area (TPSA) is 29.3 Å². The molecule has 0 aliphatic rings. The number of thiocarbonyl (C=S) groups is 1. The van der Waals surface area contributed by atoms with Gasteiger partial charge in [-0.05, 0) is 37.3 Å². The zero-order valence-corrected chi connectivity index (χ0v) is 12.5. The van der Waals surface area contributed by atoms with E-state index in [0.29, 0.717) is 23.4 Å². The monoisotopic (exact) mass is 306 g/mol. The quantitative estimate of drug-likeness (QED) is 0.855. The maximum absolute atomic E-state index is 13.9. The first-order valence-corrected chi connectivity index (χ1v) is 7.01. The Morgan fingerprint density at radius 1 is 1.14 bits per heavy atom. The van der Waals surface area contributed by atoms with Crippen molar-refractivity contribution in [2.24, 2.45) is 5.73 Å². The van der Waals surface area contributed by atoms with E-state index < -0.39 is 0 Å². The van der Waals surface area contributed by atoms with Gasteiger partial charge in [-0.25, -0.2) is 8.78 Å². The van der Waals surface area contributed by atoms with Crippen molar-refractivity contribution < 1.29 is 8.78 Å². The Balaban J connectivity index is 2.33. The Morgan fingerprint density at radius 2 is 1.86 bits per heavy atom. The van der Waals surface area contributed by atoms with Crippen molar-refractivity contribution in [3.8, 4) is 0 Å². The van der Waals surface area contributed by atoms with E-state index in [1.165, 1.54) is 12.1 Å². The second kappa shape index (κ2) is 6.63. The fourth-order valence-corrected chi connectivity index (χ4v) is 2.26. The van der Waals surface area contributed by atoms with Gasteiger partial charge in [-0.15, -0.1) is 0 Å². The van der Waals surface area contributed by atoms with Gasteiger partial charge in [-0.1, -0.05) is 24.4 Å². The minimum absolute atomic E-state index is 0.213.